The van der Waals surface area contributed by atoms with Crippen LogP contribution in [0.2, 0.25) is 0 Å². The van der Waals surface area contributed by atoms with Crippen molar-refractivity contribution in [1.29, 1.82) is 0 Å². The average Bonchev–Trinajstić information content (AvgIpc) is 2.18. The van der Waals surface area contributed by atoms with Gasteiger partial charge in [-0.2, -0.15) is 0 Å². The minimum Gasteiger partial charge on any atom is -0.388 e. The molecule has 3 heteroatoms. The predicted molar refractivity (Wildman–Crippen MR) is 51.3 cm³/mol. The topological polar surface area (TPSA) is 40.5 Å². The molecule has 0 amide bonds. The van der Waals surface area contributed by atoms with Gasteiger partial charge in [0.05, 0.1) is 6.10 Å². The summed E-state index contributed by atoms with van der Waals surface area (Å²) < 4.78 is 0. The Kier molecular flexibility index (Phi) is 3.48. The number of ketones is 1. The van der Waals surface area contributed by atoms with E-state index >= 15 is 0 Å². The van der Waals surface area contributed by atoms with Crippen molar-refractivity contribution in [3.05, 3.63) is 11.8 Å². The van der Waals surface area contributed by atoms with E-state index in [1.807, 2.05) is 19.0 Å². The summed E-state index contributed by atoms with van der Waals surface area (Å²) in [6.07, 6.45) is 4.32. The van der Waals surface area contributed by atoms with Crippen LogP contribution in [-0.2, 0) is 4.79 Å². The number of carbonyl (C=O) groups excluding carboxylic acids is 1. The molecule has 0 aromatic carbocycles. The Bertz CT molecular complexity index is 221. The molecule has 1 fully saturated rings. The summed E-state index contributed by atoms with van der Waals surface area (Å²) >= 11 is 0. The molecule has 0 radical (unpaired) electrons. The summed E-state index contributed by atoms with van der Waals surface area (Å²) in [5, 5.41) is 9.65. The van der Waals surface area contributed by atoms with Gasteiger partial charge in [0.25, 0.3) is 0 Å². The van der Waals surface area contributed by atoms with Gasteiger partial charge < -0.3 is 10.0 Å². The van der Waals surface area contributed by atoms with Gasteiger partial charge in [-0.1, -0.05) is 6.42 Å². The number of hydrogen-bond donors (Lipinski definition) is 1. The van der Waals surface area contributed by atoms with E-state index in [9.17, 15) is 9.90 Å². The van der Waals surface area contributed by atoms with E-state index in [-0.39, 0.29) is 5.78 Å². The van der Waals surface area contributed by atoms with Gasteiger partial charge >= 0.3 is 0 Å². The van der Waals surface area contributed by atoms with Gasteiger partial charge in [-0.25, -0.2) is 0 Å². The fourth-order valence-corrected chi connectivity index (χ4v) is 1.55. The van der Waals surface area contributed by atoms with Gasteiger partial charge in [0, 0.05) is 32.3 Å². The predicted octanol–water partition coefficient (Wildman–Crippen LogP) is 0.936. The molecule has 1 rings (SSSR count). The molecule has 0 aromatic heterocycles. The van der Waals surface area contributed by atoms with Crippen LogP contribution in [0.25, 0.3) is 0 Å². The molecule has 0 saturated heterocycles. The first-order chi connectivity index (χ1) is 6.11. The highest BCUT2D eigenvalue weighted by Gasteiger charge is 2.21. The molecule has 3 nitrogen and oxygen atoms in total. The zero-order valence-electron chi connectivity index (χ0n) is 8.29. The fourth-order valence-electron chi connectivity index (χ4n) is 1.55. The van der Waals surface area contributed by atoms with Gasteiger partial charge in [0.1, 0.15) is 0 Å². The molecule has 1 aliphatic carbocycles. The molecule has 0 spiro atoms. The van der Waals surface area contributed by atoms with Crippen LogP contribution >= 0.6 is 0 Å². The number of Topliss-reactive ketones (excluding diaryl/α,β-unsaturated/α-hetero) is 1. The second kappa shape index (κ2) is 4.42. The Balaban J connectivity index is 2.80. The van der Waals surface area contributed by atoms with E-state index in [2.05, 4.69) is 0 Å². The maximum absolute atomic E-state index is 11.5. The van der Waals surface area contributed by atoms with Gasteiger partial charge in [-0.3, -0.25) is 4.79 Å². The van der Waals surface area contributed by atoms with Crippen molar-refractivity contribution in [3.8, 4) is 0 Å². The first-order valence-electron chi connectivity index (χ1n) is 4.70. The highest BCUT2D eigenvalue weighted by molar-refractivity contribution is 5.96. The van der Waals surface area contributed by atoms with Crippen molar-refractivity contribution in [2.45, 2.75) is 31.8 Å². The van der Waals surface area contributed by atoms with Crippen molar-refractivity contribution in [2.24, 2.45) is 0 Å². The standard InChI is InChI=1S/C10H17NO2/c1-11(2)7-8-9(12)5-3-4-6-10(8)13/h7,9,12H,3-6H2,1-2H3. The largest absolute Gasteiger partial charge is 0.388 e. The number of rotatable bonds is 1. The van der Waals surface area contributed by atoms with Crippen LogP contribution < -0.4 is 0 Å². The minimum atomic E-state index is -0.558. The number of aliphatic hydroxyl groups is 1. The van der Waals surface area contributed by atoms with Crippen LogP contribution in [0.4, 0.5) is 0 Å². The Morgan fingerprint density at radius 2 is 2.15 bits per heavy atom. The molecule has 74 valence electrons. The van der Waals surface area contributed by atoms with Gasteiger partial charge in [-0.15, -0.1) is 0 Å². The zero-order chi connectivity index (χ0) is 9.84. The lowest BCUT2D eigenvalue weighted by Crippen LogP contribution is -2.18. The molecule has 0 heterocycles. The maximum Gasteiger partial charge on any atom is 0.162 e. The molecule has 13 heavy (non-hydrogen) atoms. The van der Waals surface area contributed by atoms with Crippen molar-refractivity contribution in [3.63, 3.8) is 0 Å². The molecule has 1 aliphatic rings. The molecule has 1 atom stereocenters. The molecule has 1 N–H and O–H groups in total. The van der Waals surface area contributed by atoms with Crippen LogP contribution in [-0.4, -0.2) is 36.0 Å². The lowest BCUT2D eigenvalue weighted by atomic mass is 10.1. The molecule has 0 aromatic rings. The average molecular weight is 183 g/mol. The van der Waals surface area contributed by atoms with E-state index in [0.717, 1.165) is 12.8 Å². The van der Waals surface area contributed by atoms with Gasteiger partial charge in [-0.05, 0) is 12.8 Å². The maximum atomic E-state index is 11.5. The number of aliphatic hydroxyl groups excluding tert-OH is 1. The zero-order valence-corrected chi connectivity index (χ0v) is 8.29. The van der Waals surface area contributed by atoms with Crippen molar-refractivity contribution < 1.29 is 9.90 Å². The van der Waals surface area contributed by atoms with Crippen LogP contribution in [0.3, 0.4) is 0 Å². The molecule has 0 bridgehead atoms. The van der Waals surface area contributed by atoms with E-state index in [1.165, 1.54) is 0 Å². The Morgan fingerprint density at radius 3 is 2.77 bits per heavy atom. The van der Waals surface area contributed by atoms with E-state index < -0.39 is 6.10 Å². The summed E-state index contributed by atoms with van der Waals surface area (Å²) in [6.45, 7) is 0. The van der Waals surface area contributed by atoms with Crippen molar-refractivity contribution >= 4 is 5.78 Å². The second-order valence-corrected chi connectivity index (χ2v) is 3.73. The highest BCUT2D eigenvalue weighted by Crippen LogP contribution is 2.19. The summed E-state index contributed by atoms with van der Waals surface area (Å²) in [4.78, 5) is 13.3. The summed E-state index contributed by atoms with van der Waals surface area (Å²) in [5.41, 5.74) is 0.572. The minimum absolute atomic E-state index is 0.0960. The highest BCUT2D eigenvalue weighted by atomic mass is 16.3. The van der Waals surface area contributed by atoms with E-state index in [1.54, 1.807) is 6.20 Å². The van der Waals surface area contributed by atoms with Crippen LogP contribution in [0.15, 0.2) is 11.8 Å². The third kappa shape index (κ3) is 2.84. The van der Waals surface area contributed by atoms with Crippen LogP contribution in [0, 0.1) is 0 Å². The smallest absolute Gasteiger partial charge is 0.162 e. The molecular formula is C10H17NO2. The lowest BCUT2D eigenvalue weighted by Gasteiger charge is -2.13. The first kappa shape index (κ1) is 10.3. The lowest BCUT2D eigenvalue weighted by molar-refractivity contribution is -0.116. The second-order valence-electron chi connectivity index (χ2n) is 3.73. The summed E-state index contributed by atoms with van der Waals surface area (Å²) in [5.74, 6) is 0.0960. The molecule has 1 unspecified atom stereocenters. The molecule has 1 saturated carbocycles. The number of nitrogens with zero attached hydrogens (tertiary/aromatic N) is 1. The number of hydrogen-bond acceptors (Lipinski definition) is 3. The third-order valence-corrected chi connectivity index (χ3v) is 2.21. The fraction of sp³-hybridized carbons (Fsp3) is 0.700. The van der Waals surface area contributed by atoms with Crippen molar-refractivity contribution in [1.82, 2.24) is 4.90 Å². The SMILES string of the molecule is CN(C)C=C1C(=O)CCCCC1O. The van der Waals surface area contributed by atoms with Gasteiger partial charge in [0.2, 0.25) is 0 Å². The summed E-state index contributed by atoms with van der Waals surface area (Å²) in [6, 6.07) is 0. The van der Waals surface area contributed by atoms with E-state index in [0.29, 0.717) is 18.4 Å². The van der Waals surface area contributed by atoms with Crippen LogP contribution in [0.5, 0.6) is 0 Å². The first-order valence-corrected chi connectivity index (χ1v) is 4.70. The number of carbonyl (C=O) groups is 1. The van der Waals surface area contributed by atoms with Gasteiger partial charge in [0.15, 0.2) is 5.78 Å². The quantitative estimate of drug-likeness (QED) is 0.486. The summed E-state index contributed by atoms with van der Waals surface area (Å²) in [7, 11) is 3.72. The van der Waals surface area contributed by atoms with E-state index in [4.69, 9.17) is 0 Å². The van der Waals surface area contributed by atoms with Crippen molar-refractivity contribution in [2.75, 3.05) is 14.1 Å². The monoisotopic (exact) mass is 183 g/mol. The Hall–Kier alpha value is -0.830. The molecular weight excluding hydrogens is 166 g/mol. The normalized spacial score (nSPS) is 27.5. The molecule has 0 aliphatic heterocycles. The Morgan fingerprint density at radius 1 is 1.46 bits per heavy atom. The third-order valence-electron chi connectivity index (χ3n) is 2.21. The Labute approximate surface area is 79.0 Å². The van der Waals surface area contributed by atoms with Crippen LogP contribution in [0.1, 0.15) is 25.7 Å².